The molecule has 0 aliphatic rings. The monoisotopic (exact) mass is 308 g/mol. The number of aromatic amines is 1. The van der Waals surface area contributed by atoms with Crippen LogP contribution in [0.5, 0.6) is 0 Å². The summed E-state index contributed by atoms with van der Waals surface area (Å²) in [5, 5.41) is 21.4. The second kappa shape index (κ2) is 6.69. The van der Waals surface area contributed by atoms with Gasteiger partial charge in [0.2, 0.25) is 6.33 Å². The van der Waals surface area contributed by atoms with E-state index in [1.165, 1.54) is 0 Å². The molecule has 3 N–H and O–H groups in total. The summed E-state index contributed by atoms with van der Waals surface area (Å²) in [6.07, 6.45) is 1.64. The van der Waals surface area contributed by atoms with E-state index in [-0.39, 0.29) is 0 Å². The Bertz CT molecular complexity index is 788. The van der Waals surface area contributed by atoms with Crippen molar-refractivity contribution in [3.63, 3.8) is 0 Å². The second-order valence-corrected chi connectivity index (χ2v) is 4.99. The number of hydrogen-bond acceptors (Lipinski definition) is 5. The summed E-state index contributed by atoms with van der Waals surface area (Å²) in [6.45, 7) is 0. The van der Waals surface area contributed by atoms with E-state index >= 15 is 0 Å². The average molecular weight is 308 g/mol. The average Bonchev–Trinajstić information content (AvgIpc) is 3.00. The van der Waals surface area contributed by atoms with Crippen LogP contribution in [-0.2, 0) is 7.05 Å². The van der Waals surface area contributed by atoms with Gasteiger partial charge in [0, 0.05) is 29.2 Å². The van der Waals surface area contributed by atoms with Crippen molar-refractivity contribution in [2.24, 2.45) is 17.3 Å². The van der Waals surface area contributed by atoms with Crippen LogP contribution in [0.3, 0.4) is 0 Å². The number of aromatic nitrogens is 3. The lowest BCUT2D eigenvalue weighted by atomic mass is 10.2. The highest BCUT2D eigenvalue weighted by Gasteiger charge is 2.05. The summed E-state index contributed by atoms with van der Waals surface area (Å²) in [5.41, 5.74) is 3.88. The normalized spacial score (nSPS) is 10.9. The minimum absolute atomic E-state index is 0.594. The zero-order chi connectivity index (χ0) is 16.1. The van der Waals surface area contributed by atoms with Gasteiger partial charge in [0.1, 0.15) is 0 Å². The maximum atomic E-state index is 4.18. The SMILES string of the molecule is CNc1ccc(Nc2ccc(N=Nc3[nH]nc[n+]3C)cc2)cc1. The lowest BCUT2D eigenvalue weighted by Gasteiger charge is -2.07. The molecule has 0 atom stereocenters. The minimum atomic E-state index is 0.594. The van der Waals surface area contributed by atoms with Crippen LogP contribution in [0.1, 0.15) is 0 Å². The van der Waals surface area contributed by atoms with Gasteiger partial charge in [-0.1, -0.05) is 5.11 Å². The lowest BCUT2D eigenvalue weighted by molar-refractivity contribution is -0.658. The van der Waals surface area contributed by atoms with Gasteiger partial charge in [-0.25, -0.2) is 4.57 Å². The molecule has 0 saturated carbocycles. The van der Waals surface area contributed by atoms with Crippen LogP contribution < -0.4 is 15.2 Å². The molecule has 7 heteroatoms. The molecule has 116 valence electrons. The predicted molar refractivity (Wildman–Crippen MR) is 89.7 cm³/mol. The summed E-state index contributed by atoms with van der Waals surface area (Å²) in [5.74, 6) is 0.594. The molecule has 2 aromatic carbocycles. The molecular weight excluding hydrogens is 290 g/mol. The molecule has 1 aromatic heterocycles. The van der Waals surface area contributed by atoms with Gasteiger partial charge < -0.3 is 10.6 Å². The Morgan fingerprint density at radius 3 is 2.09 bits per heavy atom. The molecule has 0 spiro atoms. The zero-order valence-corrected chi connectivity index (χ0v) is 13.0. The first-order chi connectivity index (χ1) is 11.2. The van der Waals surface area contributed by atoms with Gasteiger partial charge in [-0.05, 0) is 53.6 Å². The first-order valence-electron chi connectivity index (χ1n) is 7.20. The number of benzene rings is 2. The first-order valence-corrected chi connectivity index (χ1v) is 7.20. The smallest absolute Gasteiger partial charge is 0.388 e. The van der Waals surface area contributed by atoms with Crippen LogP contribution >= 0.6 is 0 Å². The summed E-state index contributed by atoms with van der Waals surface area (Å²) in [7, 11) is 3.75. The van der Waals surface area contributed by atoms with Crippen molar-refractivity contribution in [2.75, 3.05) is 17.7 Å². The van der Waals surface area contributed by atoms with Gasteiger partial charge in [0.05, 0.1) is 12.7 Å². The number of nitrogens with zero attached hydrogens (tertiary/aromatic N) is 4. The molecular formula is C16H18N7+. The molecule has 0 radical (unpaired) electrons. The van der Waals surface area contributed by atoms with Crippen LogP contribution in [0.15, 0.2) is 65.1 Å². The predicted octanol–water partition coefficient (Wildman–Crippen LogP) is 3.43. The van der Waals surface area contributed by atoms with Crippen molar-refractivity contribution < 1.29 is 4.57 Å². The van der Waals surface area contributed by atoms with Crippen molar-refractivity contribution in [1.29, 1.82) is 0 Å². The molecule has 0 amide bonds. The number of azo groups is 1. The molecule has 23 heavy (non-hydrogen) atoms. The number of nitrogens with one attached hydrogen (secondary N) is 3. The van der Waals surface area contributed by atoms with Crippen molar-refractivity contribution >= 4 is 28.7 Å². The van der Waals surface area contributed by atoms with E-state index in [0.29, 0.717) is 5.95 Å². The Kier molecular flexibility index (Phi) is 4.28. The van der Waals surface area contributed by atoms with Gasteiger partial charge in [-0.2, -0.15) is 0 Å². The van der Waals surface area contributed by atoms with Crippen LogP contribution in [0.4, 0.5) is 28.7 Å². The van der Waals surface area contributed by atoms with E-state index < -0.39 is 0 Å². The van der Waals surface area contributed by atoms with Gasteiger partial charge in [-0.15, -0.1) is 5.10 Å². The maximum Gasteiger partial charge on any atom is 0.401 e. The fourth-order valence-corrected chi connectivity index (χ4v) is 2.00. The van der Waals surface area contributed by atoms with Crippen LogP contribution in [0.2, 0.25) is 0 Å². The van der Waals surface area contributed by atoms with Crippen LogP contribution in [0, 0.1) is 0 Å². The molecule has 0 saturated heterocycles. The Morgan fingerprint density at radius 2 is 1.52 bits per heavy atom. The summed E-state index contributed by atoms with van der Waals surface area (Å²) in [6, 6.07) is 15.8. The summed E-state index contributed by atoms with van der Waals surface area (Å²) >= 11 is 0. The number of hydrogen-bond donors (Lipinski definition) is 3. The van der Waals surface area contributed by atoms with E-state index in [2.05, 4.69) is 31.1 Å². The Morgan fingerprint density at radius 1 is 0.913 bits per heavy atom. The van der Waals surface area contributed by atoms with E-state index in [9.17, 15) is 0 Å². The Labute approximate surface area is 134 Å². The zero-order valence-electron chi connectivity index (χ0n) is 13.0. The number of rotatable bonds is 5. The fourth-order valence-electron chi connectivity index (χ4n) is 2.00. The van der Waals surface area contributed by atoms with Gasteiger partial charge in [0.25, 0.3) is 0 Å². The number of anilines is 3. The molecule has 0 unspecified atom stereocenters. The van der Waals surface area contributed by atoms with Crippen molar-refractivity contribution in [1.82, 2.24) is 10.2 Å². The maximum absolute atomic E-state index is 4.18. The molecule has 3 aromatic rings. The van der Waals surface area contributed by atoms with E-state index in [1.807, 2.05) is 62.6 Å². The number of aryl methyl sites for hydroxylation is 1. The van der Waals surface area contributed by atoms with Crippen molar-refractivity contribution in [3.05, 3.63) is 54.9 Å². The third kappa shape index (κ3) is 3.70. The molecule has 0 fully saturated rings. The minimum Gasteiger partial charge on any atom is -0.388 e. The molecule has 7 nitrogen and oxygen atoms in total. The molecule has 0 bridgehead atoms. The highest BCUT2D eigenvalue weighted by atomic mass is 15.3. The molecule has 3 rings (SSSR count). The number of H-pyrrole nitrogens is 1. The second-order valence-electron chi connectivity index (χ2n) is 4.99. The third-order valence-electron chi connectivity index (χ3n) is 3.32. The van der Waals surface area contributed by atoms with E-state index in [0.717, 1.165) is 22.7 Å². The van der Waals surface area contributed by atoms with Gasteiger partial charge in [0.15, 0.2) is 0 Å². The topological polar surface area (TPSA) is 81.3 Å². The summed E-state index contributed by atoms with van der Waals surface area (Å²) < 4.78 is 1.76. The molecule has 0 aliphatic heterocycles. The standard InChI is InChI=1S/C16H17N7/c1-17-12-3-5-13(6-4-12)19-14-7-9-15(10-8-14)20-22-16-21-18-11-23(16)2/h3-11H,1-2H3,(H2,17,19,20,21,22)/p+1. The lowest BCUT2D eigenvalue weighted by Crippen LogP contribution is -2.24. The van der Waals surface area contributed by atoms with Crippen LogP contribution in [-0.4, -0.2) is 17.2 Å². The van der Waals surface area contributed by atoms with E-state index in [1.54, 1.807) is 10.9 Å². The highest BCUT2D eigenvalue weighted by molar-refractivity contribution is 5.63. The van der Waals surface area contributed by atoms with Crippen molar-refractivity contribution in [3.8, 4) is 0 Å². The molecule has 0 aliphatic carbocycles. The van der Waals surface area contributed by atoms with E-state index in [4.69, 9.17) is 0 Å². The fraction of sp³-hybridized carbons (Fsp3) is 0.125. The summed E-state index contributed by atoms with van der Waals surface area (Å²) in [4.78, 5) is 0. The van der Waals surface area contributed by atoms with Gasteiger partial charge >= 0.3 is 5.95 Å². The first kappa shape index (κ1) is 14.7. The third-order valence-corrected chi connectivity index (χ3v) is 3.32. The Balaban J connectivity index is 1.66. The highest BCUT2D eigenvalue weighted by Crippen LogP contribution is 2.22. The van der Waals surface area contributed by atoms with Crippen molar-refractivity contribution in [2.45, 2.75) is 0 Å². The van der Waals surface area contributed by atoms with Gasteiger partial charge in [-0.3, -0.25) is 0 Å². The quantitative estimate of drug-likeness (QED) is 0.499. The largest absolute Gasteiger partial charge is 0.401 e. The Hall–Kier alpha value is -3.22. The molecule has 1 heterocycles. The van der Waals surface area contributed by atoms with Crippen LogP contribution in [0.25, 0.3) is 0 Å².